The van der Waals surface area contributed by atoms with Gasteiger partial charge >= 0.3 is 6.18 Å². The van der Waals surface area contributed by atoms with Crippen LogP contribution < -0.4 is 5.32 Å². The Hall–Kier alpha value is -1.04. The molecule has 6 heteroatoms. The first kappa shape index (κ1) is 13.4. The molecule has 0 aromatic carbocycles. The molecule has 1 saturated heterocycles. The third kappa shape index (κ3) is 2.68. The maximum Gasteiger partial charge on any atom is 0.435 e. The van der Waals surface area contributed by atoms with E-state index >= 15 is 0 Å². The molecule has 18 heavy (non-hydrogen) atoms. The van der Waals surface area contributed by atoms with Gasteiger partial charge in [0.25, 0.3) is 0 Å². The zero-order valence-corrected chi connectivity index (χ0v) is 10.6. The number of hydrogen-bond donors (Lipinski definition) is 1. The van der Waals surface area contributed by atoms with Gasteiger partial charge in [-0.2, -0.15) is 18.3 Å². The summed E-state index contributed by atoms with van der Waals surface area (Å²) in [4.78, 5) is 0. The zero-order chi connectivity index (χ0) is 13.3. The molecule has 0 spiro atoms. The second-order valence-electron chi connectivity index (χ2n) is 4.98. The molecule has 0 amide bonds. The predicted molar refractivity (Wildman–Crippen MR) is 62.2 cm³/mol. The highest BCUT2D eigenvalue weighted by atomic mass is 19.4. The first-order valence-corrected chi connectivity index (χ1v) is 6.21. The lowest BCUT2D eigenvalue weighted by Gasteiger charge is -2.28. The molecule has 0 saturated carbocycles. The van der Waals surface area contributed by atoms with Crippen LogP contribution in [0.3, 0.4) is 0 Å². The van der Waals surface area contributed by atoms with Gasteiger partial charge in [0.1, 0.15) is 0 Å². The van der Waals surface area contributed by atoms with Gasteiger partial charge in [-0.05, 0) is 37.8 Å². The van der Waals surface area contributed by atoms with Crippen LogP contribution in [0.1, 0.15) is 36.9 Å². The van der Waals surface area contributed by atoms with Gasteiger partial charge in [0.05, 0.1) is 0 Å². The Balaban J connectivity index is 2.26. The maximum absolute atomic E-state index is 12.9. The molecule has 1 fully saturated rings. The highest BCUT2D eigenvalue weighted by molar-refractivity contribution is 5.25. The second kappa shape index (κ2) is 4.91. The summed E-state index contributed by atoms with van der Waals surface area (Å²) in [6.07, 6.45) is -1.01. The first-order valence-electron chi connectivity index (χ1n) is 6.21. The molecular weight excluding hydrogens is 243 g/mol. The molecule has 1 aliphatic heterocycles. The van der Waals surface area contributed by atoms with Crippen molar-refractivity contribution in [3.63, 3.8) is 0 Å². The van der Waals surface area contributed by atoms with E-state index in [0.29, 0.717) is 11.5 Å². The molecular formula is C12H18F3N3. The van der Waals surface area contributed by atoms with Crippen LogP contribution in [0.25, 0.3) is 0 Å². The minimum atomic E-state index is -4.36. The monoisotopic (exact) mass is 261 g/mol. The smallest absolute Gasteiger partial charge is 0.317 e. The Labute approximate surface area is 104 Å². The molecule has 0 bridgehead atoms. The summed E-state index contributed by atoms with van der Waals surface area (Å²) in [5.74, 6) is 0.203. The first-order chi connectivity index (χ1) is 8.39. The molecule has 1 N–H and O–H groups in total. The number of aryl methyl sites for hydroxylation is 1. The molecule has 2 rings (SSSR count). The lowest BCUT2D eigenvalue weighted by Crippen LogP contribution is -2.30. The van der Waals surface area contributed by atoms with Gasteiger partial charge in [0, 0.05) is 18.8 Å². The van der Waals surface area contributed by atoms with Gasteiger partial charge in [0.15, 0.2) is 5.69 Å². The largest absolute Gasteiger partial charge is 0.435 e. The minimum Gasteiger partial charge on any atom is -0.317 e. The molecule has 1 unspecified atom stereocenters. The molecule has 1 aromatic heterocycles. The van der Waals surface area contributed by atoms with Crippen molar-refractivity contribution in [2.45, 2.75) is 31.9 Å². The van der Waals surface area contributed by atoms with Crippen molar-refractivity contribution in [2.75, 3.05) is 13.1 Å². The second-order valence-corrected chi connectivity index (χ2v) is 4.98. The van der Waals surface area contributed by atoms with Crippen molar-refractivity contribution >= 4 is 0 Å². The van der Waals surface area contributed by atoms with Crippen LogP contribution in [0.2, 0.25) is 0 Å². The number of hydrogen-bond acceptors (Lipinski definition) is 2. The number of aromatic nitrogens is 2. The van der Waals surface area contributed by atoms with Crippen molar-refractivity contribution in [3.8, 4) is 0 Å². The summed E-state index contributed by atoms with van der Waals surface area (Å²) >= 11 is 0. The molecule has 1 aromatic rings. The van der Waals surface area contributed by atoms with E-state index in [2.05, 4.69) is 10.4 Å². The Morgan fingerprint density at radius 3 is 2.56 bits per heavy atom. The maximum atomic E-state index is 12.9. The Morgan fingerprint density at radius 2 is 2.00 bits per heavy atom. The quantitative estimate of drug-likeness (QED) is 0.886. The summed E-state index contributed by atoms with van der Waals surface area (Å²) in [7, 11) is 1.54. The molecule has 0 aliphatic carbocycles. The Bertz CT molecular complexity index is 405. The third-order valence-corrected chi connectivity index (χ3v) is 3.71. The summed E-state index contributed by atoms with van der Waals surface area (Å²) in [6.45, 7) is 3.65. The van der Waals surface area contributed by atoms with E-state index in [-0.39, 0.29) is 5.92 Å². The number of nitrogens with one attached hydrogen (secondary N) is 1. The SMILES string of the molecule is CC(c1cn(C)nc1C(F)(F)F)C1CCNCC1. The normalized spacial score (nSPS) is 20.1. The van der Waals surface area contributed by atoms with Crippen molar-refractivity contribution in [3.05, 3.63) is 17.5 Å². The van der Waals surface area contributed by atoms with Gasteiger partial charge in [-0.3, -0.25) is 4.68 Å². The highest BCUT2D eigenvalue weighted by Gasteiger charge is 2.39. The lowest BCUT2D eigenvalue weighted by molar-refractivity contribution is -0.142. The number of alkyl halides is 3. The summed E-state index contributed by atoms with van der Waals surface area (Å²) in [6, 6.07) is 0. The van der Waals surface area contributed by atoms with E-state index in [9.17, 15) is 13.2 Å². The van der Waals surface area contributed by atoms with Gasteiger partial charge in [-0.25, -0.2) is 0 Å². The molecule has 1 aliphatic rings. The van der Waals surface area contributed by atoms with E-state index in [0.717, 1.165) is 25.9 Å². The van der Waals surface area contributed by atoms with Crippen molar-refractivity contribution in [2.24, 2.45) is 13.0 Å². The summed E-state index contributed by atoms with van der Waals surface area (Å²) in [5, 5.41) is 6.80. The van der Waals surface area contributed by atoms with Crippen LogP contribution in [0, 0.1) is 5.92 Å². The fourth-order valence-electron chi connectivity index (χ4n) is 2.66. The van der Waals surface area contributed by atoms with Crippen LogP contribution in [0.15, 0.2) is 6.20 Å². The fraction of sp³-hybridized carbons (Fsp3) is 0.750. The van der Waals surface area contributed by atoms with Crippen LogP contribution in [0.5, 0.6) is 0 Å². The molecule has 0 radical (unpaired) electrons. The van der Waals surface area contributed by atoms with Crippen molar-refractivity contribution < 1.29 is 13.2 Å². The number of halogens is 3. The van der Waals surface area contributed by atoms with Gasteiger partial charge in [0.2, 0.25) is 0 Å². The molecule has 102 valence electrons. The van der Waals surface area contributed by atoms with E-state index < -0.39 is 11.9 Å². The van der Waals surface area contributed by atoms with Gasteiger partial charge < -0.3 is 5.32 Å². The van der Waals surface area contributed by atoms with E-state index in [1.165, 1.54) is 17.9 Å². The fourth-order valence-corrected chi connectivity index (χ4v) is 2.66. The summed E-state index contributed by atoms with van der Waals surface area (Å²) in [5.41, 5.74) is -0.395. The Morgan fingerprint density at radius 1 is 1.39 bits per heavy atom. The molecule has 3 nitrogen and oxygen atoms in total. The Kier molecular flexibility index (Phi) is 3.66. The number of nitrogens with zero attached hydrogens (tertiary/aromatic N) is 2. The van der Waals surface area contributed by atoms with Crippen LogP contribution in [-0.2, 0) is 13.2 Å². The van der Waals surface area contributed by atoms with Gasteiger partial charge in [-0.15, -0.1) is 0 Å². The predicted octanol–water partition coefficient (Wildman–Crippen LogP) is 2.54. The van der Waals surface area contributed by atoms with Crippen molar-refractivity contribution in [1.29, 1.82) is 0 Å². The van der Waals surface area contributed by atoms with Crippen LogP contribution in [-0.4, -0.2) is 22.9 Å². The standard InChI is InChI=1S/C12H18F3N3/c1-8(9-3-5-16-6-4-9)10-7-18(2)17-11(10)12(13,14)15/h7-9,16H,3-6H2,1-2H3. The third-order valence-electron chi connectivity index (χ3n) is 3.71. The molecule has 2 heterocycles. The lowest BCUT2D eigenvalue weighted by atomic mass is 9.82. The van der Waals surface area contributed by atoms with E-state index in [1.54, 1.807) is 0 Å². The average Bonchev–Trinajstić information content (AvgIpc) is 2.71. The van der Waals surface area contributed by atoms with Gasteiger partial charge in [-0.1, -0.05) is 6.92 Å². The van der Waals surface area contributed by atoms with E-state index in [1.807, 2.05) is 6.92 Å². The highest BCUT2D eigenvalue weighted by Crippen LogP contribution is 2.38. The number of rotatable bonds is 2. The topological polar surface area (TPSA) is 29.9 Å². The number of piperidine rings is 1. The zero-order valence-electron chi connectivity index (χ0n) is 10.6. The molecule has 1 atom stereocenters. The summed E-state index contributed by atoms with van der Waals surface area (Å²) < 4.78 is 40.0. The average molecular weight is 261 g/mol. The van der Waals surface area contributed by atoms with Crippen LogP contribution in [0.4, 0.5) is 13.2 Å². The van der Waals surface area contributed by atoms with Crippen LogP contribution >= 0.6 is 0 Å². The van der Waals surface area contributed by atoms with Crippen molar-refractivity contribution in [1.82, 2.24) is 15.1 Å². The minimum absolute atomic E-state index is 0.0996. The van der Waals surface area contributed by atoms with E-state index in [4.69, 9.17) is 0 Å².